The van der Waals surface area contributed by atoms with E-state index < -0.39 is 11.8 Å². The molecule has 0 atom stereocenters. The lowest BCUT2D eigenvalue weighted by Gasteiger charge is -2.09. The molecule has 0 spiro atoms. The Labute approximate surface area is 196 Å². The molecule has 9 nitrogen and oxygen atoms in total. The third-order valence-corrected chi connectivity index (χ3v) is 5.10. The number of hydrogen-bond donors (Lipinski definition) is 4. The SMILES string of the molecule is Cc1ccc(NC(=O)CCCC(CC(=O)c2ccc(Cl)cc2)=NNC(=O)C(=O)NN)cc1C. The highest BCUT2D eigenvalue weighted by Crippen LogP contribution is 2.16. The van der Waals surface area contributed by atoms with Gasteiger partial charge in [0.1, 0.15) is 0 Å². The zero-order chi connectivity index (χ0) is 24.4. The van der Waals surface area contributed by atoms with Crippen LogP contribution in [0.4, 0.5) is 5.69 Å². The molecule has 174 valence electrons. The molecule has 0 aromatic heterocycles. The van der Waals surface area contributed by atoms with E-state index in [4.69, 9.17) is 17.4 Å². The molecular formula is C23H26ClN5O4. The van der Waals surface area contributed by atoms with Crippen LogP contribution in [0.2, 0.25) is 5.02 Å². The standard InChI is InChI=1S/C23H26ClN5O4/c1-14-6-11-18(12-15(14)2)26-21(31)5-3-4-19(28-29-23(33)22(32)27-25)13-20(30)16-7-9-17(24)10-8-16/h6-12H,3-5,13,25H2,1-2H3,(H,26,31)(H,27,32)(H,29,33). The van der Waals surface area contributed by atoms with E-state index >= 15 is 0 Å². The van der Waals surface area contributed by atoms with E-state index in [0.717, 1.165) is 11.1 Å². The molecule has 0 fully saturated rings. The van der Waals surface area contributed by atoms with Crippen LogP contribution in [0, 0.1) is 13.8 Å². The van der Waals surface area contributed by atoms with Gasteiger partial charge < -0.3 is 5.32 Å². The number of halogens is 1. The van der Waals surface area contributed by atoms with Gasteiger partial charge >= 0.3 is 11.8 Å². The van der Waals surface area contributed by atoms with Crippen molar-refractivity contribution in [3.8, 4) is 0 Å². The van der Waals surface area contributed by atoms with Crippen molar-refractivity contribution in [1.29, 1.82) is 0 Å². The van der Waals surface area contributed by atoms with Gasteiger partial charge in [0.15, 0.2) is 5.78 Å². The lowest BCUT2D eigenvalue weighted by Crippen LogP contribution is -2.41. The molecule has 10 heteroatoms. The van der Waals surface area contributed by atoms with Crippen molar-refractivity contribution in [2.45, 2.75) is 39.5 Å². The number of hydrogen-bond acceptors (Lipinski definition) is 6. The number of amides is 3. The Balaban J connectivity index is 1.99. The first kappa shape index (κ1) is 25.7. The van der Waals surface area contributed by atoms with Crippen LogP contribution in [0.5, 0.6) is 0 Å². The average molecular weight is 472 g/mol. The second-order valence-corrected chi connectivity index (χ2v) is 7.84. The summed E-state index contributed by atoms with van der Waals surface area (Å²) < 4.78 is 0. The zero-order valence-electron chi connectivity index (χ0n) is 18.4. The maximum absolute atomic E-state index is 12.6. The predicted molar refractivity (Wildman–Crippen MR) is 127 cm³/mol. The van der Waals surface area contributed by atoms with Crippen molar-refractivity contribution >= 4 is 46.5 Å². The zero-order valence-corrected chi connectivity index (χ0v) is 19.2. The number of carbonyl (C=O) groups excluding carboxylic acids is 4. The lowest BCUT2D eigenvalue weighted by molar-refractivity contribution is -0.139. The van der Waals surface area contributed by atoms with E-state index in [1.165, 1.54) is 0 Å². The molecule has 0 saturated heterocycles. The summed E-state index contributed by atoms with van der Waals surface area (Å²) in [5.74, 6) is 2.35. The van der Waals surface area contributed by atoms with E-state index in [-0.39, 0.29) is 31.0 Å². The van der Waals surface area contributed by atoms with Gasteiger partial charge in [-0.25, -0.2) is 11.3 Å². The number of carbonyl (C=O) groups is 4. The number of nitrogens with two attached hydrogens (primary N) is 1. The molecule has 33 heavy (non-hydrogen) atoms. The van der Waals surface area contributed by atoms with Crippen LogP contribution in [-0.2, 0) is 14.4 Å². The molecule has 0 aliphatic rings. The van der Waals surface area contributed by atoms with E-state index in [2.05, 4.69) is 15.8 Å². The van der Waals surface area contributed by atoms with Gasteiger partial charge in [-0.2, -0.15) is 5.10 Å². The molecule has 0 unspecified atom stereocenters. The van der Waals surface area contributed by atoms with Crippen LogP contribution in [0.1, 0.15) is 47.2 Å². The van der Waals surface area contributed by atoms with Crippen LogP contribution in [0.15, 0.2) is 47.6 Å². The fourth-order valence-corrected chi connectivity index (χ4v) is 2.97. The van der Waals surface area contributed by atoms with Gasteiger partial charge in [-0.3, -0.25) is 24.6 Å². The van der Waals surface area contributed by atoms with Crippen LogP contribution in [0.3, 0.4) is 0 Å². The molecule has 0 bridgehead atoms. The molecule has 3 amide bonds. The van der Waals surface area contributed by atoms with Crippen molar-refractivity contribution in [3.63, 3.8) is 0 Å². The van der Waals surface area contributed by atoms with Gasteiger partial charge in [0.25, 0.3) is 0 Å². The number of nitrogens with one attached hydrogen (secondary N) is 3. The van der Waals surface area contributed by atoms with Crippen LogP contribution < -0.4 is 22.0 Å². The maximum atomic E-state index is 12.6. The first-order valence-corrected chi connectivity index (χ1v) is 10.6. The Morgan fingerprint density at radius 2 is 1.64 bits per heavy atom. The number of hydrazine groups is 1. The highest BCUT2D eigenvalue weighted by molar-refractivity contribution is 6.35. The Kier molecular flexibility index (Phi) is 9.71. The Bertz CT molecular complexity index is 1070. The fourth-order valence-electron chi connectivity index (χ4n) is 2.85. The van der Waals surface area contributed by atoms with Gasteiger partial charge in [0.2, 0.25) is 5.91 Å². The summed E-state index contributed by atoms with van der Waals surface area (Å²) in [4.78, 5) is 47.8. The van der Waals surface area contributed by atoms with Crippen molar-refractivity contribution < 1.29 is 19.2 Å². The topological polar surface area (TPSA) is 143 Å². The number of anilines is 1. The van der Waals surface area contributed by atoms with Crippen LogP contribution >= 0.6 is 11.6 Å². The van der Waals surface area contributed by atoms with Crippen molar-refractivity contribution in [3.05, 3.63) is 64.2 Å². The molecule has 0 aliphatic carbocycles. The second kappa shape index (κ2) is 12.5. The summed E-state index contributed by atoms with van der Waals surface area (Å²) in [7, 11) is 0. The van der Waals surface area contributed by atoms with Gasteiger partial charge in [0, 0.05) is 28.4 Å². The number of hydrazone groups is 1. The van der Waals surface area contributed by atoms with Crippen LogP contribution in [-0.4, -0.2) is 29.2 Å². The second-order valence-electron chi connectivity index (χ2n) is 7.40. The van der Waals surface area contributed by atoms with Crippen molar-refractivity contribution in [2.24, 2.45) is 10.9 Å². The summed E-state index contributed by atoms with van der Waals surface area (Å²) in [5, 5.41) is 7.23. The Morgan fingerprint density at radius 1 is 0.939 bits per heavy atom. The molecule has 0 heterocycles. The van der Waals surface area contributed by atoms with Crippen molar-refractivity contribution in [1.82, 2.24) is 10.9 Å². The molecule has 0 saturated carbocycles. The Morgan fingerprint density at radius 3 is 2.27 bits per heavy atom. The van der Waals surface area contributed by atoms with Crippen molar-refractivity contribution in [2.75, 3.05) is 5.32 Å². The van der Waals surface area contributed by atoms with Crippen LogP contribution in [0.25, 0.3) is 0 Å². The van der Waals surface area contributed by atoms with E-state index in [1.807, 2.05) is 32.0 Å². The molecular weight excluding hydrogens is 446 g/mol. The van der Waals surface area contributed by atoms with Gasteiger partial charge in [-0.1, -0.05) is 17.7 Å². The fraction of sp³-hybridized carbons (Fsp3) is 0.261. The molecule has 2 rings (SSSR count). The average Bonchev–Trinajstić information content (AvgIpc) is 2.79. The quantitative estimate of drug-likeness (QED) is 0.111. The summed E-state index contributed by atoms with van der Waals surface area (Å²) in [6, 6.07) is 12.0. The highest BCUT2D eigenvalue weighted by Gasteiger charge is 2.15. The smallest absolute Gasteiger partial charge is 0.326 e. The summed E-state index contributed by atoms with van der Waals surface area (Å²) in [6.07, 6.45) is 0.704. The lowest BCUT2D eigenvalue weighted by atomic mass is 10.0. The van der Waals surface area contributed by atoms with E-state index in [0.29, 0.717) is 28.4 Å². The maximum Gasteiger partial charge on any atom is 0.330 e. The predicted octanol–water partition coefficient (Wildman–Crippen LogP) is 2.80. The minimum atomic E-state index is -1.07. The molecule has 2 aromatic carbocycles. The molecule has 0 radical (unpaired) electrons. The van der Waals surface area contributed by atoms with E-state index in [1.54, 1.807) is 29.7 Å². The van der Waals surface area contributed by atoms with Gasteiger partial charge in [0.05, 0.1) is 6.42 Å². The minimum absolute atomic E-state index is 0.106. The van der Waals surface area contributed by atoms with Gasteiger partial charge in [-0.15, -0.1) is 0 Å². The number of nitrogens with zero attached hydrogens (tertiary/aromatic N) is 1. The monoisotopic (exact) mass is 471 g/mol. The number of aryl methyl sites for hydroxylation is 2. The number of ketones is 1. The summed E-state index contributed by atoms with van der Waals surface area (Å²) in [6.45, 7) is 3.95. The number of rotatable bonds is 9. The number of Topliss-reactive ketones (excluding diaryl/α,β-unsaturated/α-hetero) is 1. The first-order chi connectivity index (χ1) is 15.7. The van der Waals surface area contributed by atoms with E-state index in [9.17, 15) is 19.2 Å². The molecule has 2 aromatic rings. The molecule has 0 aliphatic heterocycles. The largest absolute Gasteiger partial charge is 0.330 e. The third-order valence-electron chi connectivity index (χ3n) is 4.84. The highest BCUT2D eigenvalue weighted by atomic mass is 35.5. The van der Waals surface area contributed by atoms with Gasteiger partial charge in [-0.05, 0) is 74.2 Å². The minimum Gasteiger partial charge on any atom is -0.326 e. The molecule has 5 N–H and O–H groups in total. The number of benzene rings is 2. The Hall–Kier alpha value is -3.56. The normalized spacial score (nSPS) is 11.0. The summed E-state index contributed by atoms with van der Waals surface area (Å²) >= 11 is 5.85. The summed E-state index contributed by atoms with van der Waals surface area (Å²) in [5.41, 5.74) is 7.40. The first-order valence-electron chi connectivity index (χ1n) is 10.2. The third kappa shape index (κ3) is 8.47.